The fourth-order valence-electron chi connectivity index (χ4n) is 0.952. The molecule has 1 rings (SSSR count). The first-order valence-corrected chi connectivity index (χ1v) is 4.68. The Balaban J connectivity index is 2.13. The molecule has 1 aromatic carbocycles. The van der Waals surface area contributed by atoms with Crippen molar-refractivity contribution < 1.29 is 9.53 Å². The van der Waals surface area contributed by atoms with E-state index in [2.05, 4.69) is 11.4 Å². The Kier molecular flexibility index (Phi) is 4.55. The standard InChI is InChI=1S/C11H14NO2/c1-2-11(13)12-8-9-14-10-6-4-3-5-7-10/h4-7H,2,8-9H2,1H3,(H,12,13). The van der Waals surface area contributed by atoms with Crippen LogP contribution in [0.15, 0.2) is 24.3 Å². The molecule has 0 atom stereocenters. The molecule has 1 N–H and O–H groups in total. The summed E-state index contributed by atoms with van der Waals surface area (Å²) in [6, 6.07) is 10.2. The third-order valence-corrected chi connectivity index (χ3v) is 1.70. The SMILES string of the molecule is CCC(=O)NCCOc1cc[c]cc1. The predicted octanol–water partition coefficient (Wildman–Crippen LogP) is 1.39. The average Bonchev–Trinajstić information content (AvgIpc) is 2.25. The maximum Gasteiger partial charge on any atom is 0.219 e. The number of carbonyl (C=O) groups is 1. The molecule has 0 saturated carbocycles. The van der Waals surface area contributed by atoms with Gasteiger partial charge in [0.15, 0.2) is 0 Å². The van der Waals surface area contributed by atoms with Gasteiger partial charge in [-0.2, -0.15) is 0 Å². The number of rotatable bonds is 5. The molecule has 1 aromatic rings. The van der Waals surface area contributed by atoms with Gasteiger partial charge in [0.05, 0.1) is 6.54 Å². The molecule has 1 radical (unpaired) electrons. The van der Waals surface area contributed by atoms with Gasteiger partial charge in [0, 0.05) is 6.42 Å². The highest BCUT2D eigenvalue weighted by Crippen LogP contribution is 2.06. The highest BCUT2D eigenvalue weighted by atomic mass is 16.5. The molecule has 0 spiro atoms. The van der Waals surface area contributed by atoms with E-state index in [9.17, 15) is 4.79 Å². The monoisotopic (exact) mass is 192 g/mol. The van der Waals surface area contributed by atoms with E-state index in [1.807, 2.05) is 19.1 Å². The summed E-state index contributed by atoms with van der Waals surface area (Å²) in [5, 5.41) is 2.73. The van der Waals surface area contributed by atoms with Crippen LogP contribution in [-0.2, 0) is 4.79 Å². The van der Waals surface area contributed by atoms with Crippen LogP contribution in [0.3, 0.4) is 0 Å². The van der Waals surface area contributed by atoms with Crippen molar-refractivity contribution in [1.29, 1.82) is 0 Å². The molecule has 0 aliphatic heterocycles. The summed E-state index contributed by atoms with van der Waals surface area (Å²) in [5.74, 6) is 0.851. The predicted molar refractivity (Wildman–Crippen MR) is 54.1 cm³/mol. The van der Waals surface area contributed by atoms with Gasteiger partial charge in [-0.25, -0.2) is 0 Å². The van der Waals surface area contributed by atoms with E-state index in [1.165, 1.54) is 0 Å². The number of benzene rings is 1. The van der Waals surface area contributed by atoms with Crippen LogP contribution in [0.1, 0.15) is 13.3 Å². The smallest absolute Gasteiger partial charge is 0.219 e. The minimum Gasteiger partial charge on any atom is -0.492 e. The van der Waals surface area contributed by atoms with Crippen LogP contribution in [0.25, 0.3) is 0 Å². The summed E-state index contributed by atoms with van der Waals surface area (Å²) in [6.07, 6.45) is 0.514. The minimum absolute atomic E-state index is 0.0509. The van der Waals surface area contributed by atoms with Crippen molar-refractivity contribution in [2.45, 2.75) is 13.3 Å². The molecule has 3 heteroatoms. The highest BCUT2D eigenvalue weighted by molar-refractivity contribution is 5.75. The molecule has 0 fully saturated rings. The van der Waals surface area contributed by atoms with Gasteiger partial charge in [-0.3, -0.25) is 4.79 Å². The van der Waals surface area contributed by atoms with Crippen LogP contribution >= 0.6 is 0 Å². The summed E-state index contributed by atoms with van der Waals surface area (Å²) >= 11 is 0. The second kappa shape index (κ2) is 6.02. The van der Waals surface area contributed by atoms with Gasteiger partial charge in [0.2, 0.25) is 5.91 Å². The van der Waals surface area contributed by atoms with E-state index >= 15 is 0 Å². The highest BCUT2D eigenvalue weighted by Gasteiger charge is 1.95. The Hall–Kier alpha value is -1.51. The molecule has 0 unspecified atom stereocenters. The van der Waals surface area contributed by atoms with Gasteiger partial charge in [0.25, 0.3) is 0 Å². The first-order valence-electron chi connectivity index (χ1n) is 4.68. The Bertz CT molecular complexity index is 272. The molecule has 0 heterocycles. The lowest BCUT2D eigenvalue weighted by Crippen LogP contribution is -2.27. The van der Waals surface area contributed by atoms with Crippen molar-refractivity contribution in [2.75, 3.05) is 13.2 Å². The fourth-order valence-corrected chi connectivity index (χ4v) is 0.952. The number of amides is 1. The largest absolute Gasteiger partial charge is 0.492 e. The summed E-state index contributed by atoms with van der Waals surface area (Å²) in [5.41, 5.74) is 0. The molecule has 0 saturated heterocycles. The number of hydrogen-bond donors (Lipinski definition) is 1. The van der Waals surface area contributed by atoms with Crippen molar-refractivity contribution in [2.24, 2.45) is 0 Å². The second-order valence-corrected chi connectivity index (χ2v) is 2.79. The van der Waals surface area contributed by atoms with Crippen molar-refractivity contribution in [3.8, 4) is 5.75 Å². The Labute approximate surface area is 84.1 Å². The number of ether oxygens (including phenoxy) is 1. The zero-order valence-electron chi connectivity index (χ0n) is 8.25. The van der Waals surface area contributed by atoms with Gasteiger partial charge in [-0.05, 0) is 18.2 Å². The third-order valence-electron chi connectivity index (χ3n) is 1.70. The lowest BCUT2D eigenvalue weighted by molar-refractivity contribution is -0.120. The van der Waals surface area contributed by atoms with Crippen LogP contribution in [0, 0.1) is 6.07 Å². The van der Waals surface area contributed by atoms with Gasteiger partial charge in [-0.15, -0.1) is 0 Å². The molecule has 0 aromatic heterocycles. The zero-order valence-corrected chi connectivity index (χ0v) is 8.25. The Morgan fingerprint density at radius 3 is 2.86 bits per heavy atom. The van der Waals surface area contributed by atoms with E-state index in [-0.39, 0.29) is 5.91 Å². The van der Waals surface area contributed by atoms with Gasteiger partial charge in [0.1, 0.15) is 12.4 Å². The van der Waals surface area contributed by atoms with Crippen LogP contribution in [0.4, 0.5) is 0 Å². The van der Waals surface area contributed by atoms with Crippen molar-refractivity contribution in [3.63, 3.8) is 0 Å². The average molecular weight is 192 g/mol. The topological polar surface area (TPSA) is 38.3 Å². The third kappa shape index (κ3) is 3.94. The lowest BCUT2D eigenvalue weighted by atomic mass is 10.3. The summed E-state index contributed by atoms with van der Waals surface area (Å²) in [6.45, 7) is 2.87. The van der Waals surface area contributed by atoms with Crippen molar-refractivity contribution in [1.82, 2.24) is 5.32 Å². The Morgan fingerprint density at radius 2 is 2.21 bits per heavy atom. The van der Waals surface area contributed by atoms with E-state index in [0.717, 1.165) is 5.75 Å². The van der Waals surface area contributed by atoms with Crippen LogP contribution in [-0.4, -0.2) is 19.1 Å². The quantitative estimate of drug-likeness (QED) is 0.716. The first kappa shape index (κ1) is 10.6. The van der Waals surface area contributed by atoms with E-state index in [4.69, 9.17) is 4.74 Å². The lowest BCUT2D eigenvalue weighted by Gasteiger charge is -2.06. The van der Waals surface area contributed by atoms with Crippen LogP contribution in [0.2, 0.25) is 0 Å². The number of hydrogen-bond acceptors (Lipinski definition) is 2. The Morgan fingerprint density at radius 1 is 1.50 bits per heavy atom. The zero-order chi connectivity index (χ0) is 10.2. The molecule has 1 amide bonds. The number of carbonyl (C=O) groups excluding carboxylic acids is 1. The minimum atomic E-state index is 0.0509. The summed E-state index contributed by atoms with van der Waals surface area (Å²) in [4.78, 5) is 10.9. The molecule has 14 heavy (non-hydrogen) atoms. The number of nitrogens with one attached hydrogen (secondary N) is 1. The van der Waals surface area contributed by atoms with Crippen LogP contribution in [0.5, 0.6) is 5.75 Å². The molecular formula is C11H14NO2. The van der Waals surface area contributed by atoms with Gasteiger partial charge < -0.3 is 10.1 Å². The maximum absolute atomic E-state index is 10.9. The fraction of sp³-hybridized carbons (Fsp3) is 0.364. The maximum atomic E-state index is 10.9. The van der Waals surface area contributed by atoms with E-state index in [1.54, 1.807) is 12.1 Å². The summed E-state index contributed by atoms with van der Waals surface area (Å²) < 4.78 is 5.37. The van der Waals surface area contributed by atoms with Gasteiger partial charge >= 0.3 is 0 Å². The summed E-state index contributed by atoms with van der Waals surface area (Å²) in [7, 11) is 0. The second-order valence-electron chi connectivity index (χ2n) is 2.79. The normalized spacial score (nSPS) is 9.50. The molecule has 0 aliphatic carbocycles. The van der Waals surface area contributed by atoms with E-state index in [0.29, 0.717) is 19.6 Å². The van der Waals surface area contributed by atoms with Crippen molar-refractivity contribution >= 4 is 5.91 Å². The van der Waals surface area contributed by atoms with Crippen LogP contribution < -0.4 is 10.1 Å². The van der Waals surface area contributed by atoms with Gasteiger partial charge in [-0.1, -0.05) is 19.1 Å². The molecule has 75 valence electrons. The first-order chi connectivity index (χ1) is 6.83. The molecular weight excluding hydrogens is 178 g/mol. The van der Waals surface area contributed by atoms with E-state index < -0.39 is 0 Å². The molecule has 0 aliphatic rings. The molecule has 3 nitrogen and oxygen atoms in total. The molecule has 0 bridgehead atoms. The van der Waals surface area contributed by atoms with Crippen molar-refractivity contribution in [3.05, 3.63) is 30.3 Å².